The summed E-state index contributed by atoms with van der Waals surface area (Å²) in [6, 6.07) is 20.6. The minimum Gasteiger partial charge on any atom is -0.497 e. The van der Waals surface area contributed by atoms with Crippen LogP contribution in [0.4, 0.5) is 0 Å². The molecule has 0 unspecified atom stereocenters. The summed E-state index contributed by atoms with van der Waals surface area (Å²) in [4.78, 5) is 36.9. The van der Waals surface area contributed by atoms with Crippen LogP contribution in [-0.2, 0) is 4.79 Å². The second-order valence-corrected chi connectivity index (χ2v) is 8.83. The Morgan fingerprint density at radius 1 is 0.972 bits per heavy atom. The average molecular weight is 522 g/mol. The normalized spacial score (nSPS) is 10.8. The van der Waals surface area contributed by atoms with Crippen molar-refractivity contribution in [1.29, 1.82) is 0 Å². The fourth-order valence-corrected chi connectivity index (χ4v) is 4.53. The molecule has 4 aromatic rings. The van der Waals surface area contributed by atoms with Gasteiger partial charge in [0.05, 0.1) is 24.9 Å². The maximum Gasteiger partial charge on any atom is 0.355 e. The molecule has 1 heterocycles. The van der Waals surface area contributed by atoms with E-state index < -0.39 is 11.9 Å². The van der Waals surface area contributed by atoms with Crippen LogP contribution in [0.15, 0.2) is 77.9 Å². The number of hydrazone groups is 1. The first-order valence-electron chi connectivity index (χ1n) is 10.7. The fraction of sp³-hybridized carbons (Fsp3) is 0.0769. The Morgan fingerprint density at radius 3 is 2.36 bits per heavy atom. The van der Waals surface area contributed by atoms with Crippen LogP contribution >= 0.6 is 22.9 Å². The van der Waals surface area contributed by atoms with Crippen molar-refractivity contribution in [3.05, 3.63) is 93.8 Å². The first kappa shape index (κ1) is 24.9. The Kier molecular flexibility index (Phi) is 7.94. The summed E-state index contributed by atoms with van der Waals surface area (Å²) in [5.41, 5.74) is 3.41. The molecule has 0 bridgehead atoms. The highest BCUT2D eigenvalue weighted by atomic mass is 35.5. The Balaban J connectivity index is 1.25. The Labute approximate surface area is 215 Å². The SMILES string of the molecule is COc1ccc(C(=O)NCC(=O)NN=Cc2ccc(OC(=O)c3sc4ccccc4c3Cl)cc2)cc1. The van der Waals surface area contributed by atoms with E-state index >= 15 is 0 Å². The van der Waals surface area contributed by atoms with E-state index in [1.54, 1.807) is 48.5 Å². The number of benzene rings is 3. The van der Waals surface area contributed by atoms with E-state index in [0.717, 1.165) is 10.1 Å². The summed E-state index contributed by atoms with van der Waals surface area (Å²) in [6.07, 6.45) is 1.43. The van der Waals surface area contributed by atoms with Crippen LogP contribution < -0.4 is 20.2 Å². The number of rotatable bonds is 8. The number of carbonyl (C=O) groups is 3. The zero-order valence-corrected chi connectivity index (χ0v) is 20.6. The van der Waals surface area contributed by atoms with Gasteiger partial charge >= 0.3 is 5.97 Å². The van der Waals surface area contributed by atoms with E-state index in [4.69, 9.17) is 21.1 Å². The second kappa shape index (κ2) is 11.5. The van der Waals surface area contributed by atoms with Crippen molar-refractivity contribution in [3.8, 4) is 11.5 Å². The molecule has 0 fully saturated rings. The maximum absolute atomic E-state index is 12.6. The highest BCUT2D eigenvalue weighted by Crippen LogP contribution is 2.35. The van der Waals surface area contributed by atoms with Gasteiger partial charge in [0.1, 0.15) is 16.4 Å². The van der Waals surface area contributed by atoms with E-state index in [-0.39, 0.29) is 12.5 Å². The largest absolute Gasteiger partial charge is 0.497 e. The van der Waals surface area contributed by atoms with Gasteiger partial charge in [-0.25, -0.2) is 10.2 Å². The predicted molar refractivity (Wildman–Crippen MR) is 139 cm³/mol. The molecule has 0 aliphatic heterocycles. The third kappa shape index (κ3) is 6.07. The van der Waals surface area contributed by atoms with Crippen molar-refractivity contribution in [2.24, 2.45) is 5.10 Å². The third-order valence-corrected chi connectivity index (χ3v) is 6.63. The van der Waals surface area contributed by atoms with Gasteiger partial charge in [0.25, 0.3) is 11.8 Å². The Hall–Kier alpha value is -4.21. The molecule has 0 spiro atoms. The van der Waals surface area contributed by atoms with Gasteiger partial charge in [-0.15, -0.1) is 11.3 Å². The Morgan fingerprint density at radius 2 is 1.67 bits per heavy atom. The number of carbonyl (C=O) groups excluding carboxylic acids is 3. The third-order valence-electron chi connectivity index (χ3n) is 4.98. The number of halogens is 1. The van der Waals surface area contributed by atoms with Crippen molar-refractivity contribution < 1.29 is 23.9 Å². The van der Waals surface area contributed by atoms with E-state index in [1.807, 2.05) is 24.3 Å². The topological polar surface area (TPSA) is 106 Å². The number of amides is 2. The van der Waals surface area contributed by atoms with E-state index in [0.29, 0.717) is 32.5 Å². The molecule has 182 valence electrons. The van der Waals surface area contributed by atoms with Gasteiger partial charge in [-0.1, -0.05) is 29.8 Å². The summed E-state index contributed by atoms with van der Waals surface area (Å²) in [5.74, 6) is -0.439. The van der Waals surface area contributed by atoms with Gasteiger partial charge in [0, 0.05) is 15.6 Å². The lowest BCUT2D eigenvalue weighted by Gasteiger charge is -2.05. The predicted octanol–water partition coefficient (Wildman–Crippen LogP) is 4.66. The number of esters is 1. The van der Waals surface area contributed by atoms with Crippen molar-refractivity contribution >= 4 is 57.0 Å². The summed E-state index contributed by atoms with van der Waals surface area (Å²) in [7, 11) is 1.53. The van der Waals surface area contributed by atoms with E-state index in [2.05, 4.69) is 15.8 Å². The fourth-order valence-electron chi connectivity index (χ4n) is 3.14. The molecule has 10 heteroatoms. The van der Waals surface area contributed by atoms with Crippen LogP contribution in [0.1, 0.15) is 25.6 Å². The number of thiophene rings is 1. The standard InChI is InChI=1S/C26H20ClN3O5S/c1-34-18-12-8-17(9-13-18)25(32)28-15-22(31)30-29-14-16-6-10-19(11-7-16)35-26(33)24-23(27)20-4-2-3-5-21(20)36-24/h2-14H,15H2,1H3,(H,28,32)(H,30,31). The number of hydrogen-bond donors (Lipinski definition) is 2. The van der Waals surface area contributed by atoms with Crippen LogP contribution in [0.5, 0.6) is 11.5 Å². The highest BCUT2D eigenvalue weighted by molar-refractivity contribution is 7.21. The minimum atomic E-state index is -0.536. The number of nitrogens with zero attached hydrogens (tertiary/aromatic N) is 1. The van der Waals surface area contributed by atoms with Crippen molar-refractivity contribution in [3.63, 3.8) is 0 Å². The van der Waals surface area contributed by atoms with E-state index in [9.17, 15) is 14.4 Å². The maximum atomic E-state index is 12.6. The van der Waals surface area contributed by atoms with Crippen LogP contribution in [0, 0.1) is 0 Å². The van der Waals surface area contributed by atoms with Gasteiger partial charge in [-0.05, 0) is 60.2 Å². The molecule has 0 radical (unpaired) electrons. The molecular weight excluding hydrogens is 502 g/mol. The Bertz CT molecular complexity index is 1430. The lowest BCUT2D eigenvalue weighted by atomic mass is 10.2. The van der Waals surface area contributed by atoms with Crippen LogP contribution in [0.25, 0.3) is 10.1 Å². The lowest BCUT2D eigenvalue weighted by Crippen LogP contribution is -2.34. The summed E-state index contributed by atoms with van der Waals surface area (Å²) in [6.45, 7) is -0.239. The van der Waals surface area contributed by atoms with Crippen molar-refractivity contribution in [2.45, 2.75) is 0 Å². The van der Waals surface area contributed by atoms with Crippen molar-refractivity contribution in [2.75, 3.05) is 13.7 Å². The summed E-state index contributed by atoms with van der Waals surface area (Å²) in [5, 5.41) is 7.57. The number of nitrogens with one attached hydrogen (secondary N) is 2. The molecule has 0 saturated heterocycles. The molecule has 3 aromatic carbocycles. The second-order valence-electron chi connectivity index (χ2n) is 7.40. The van der Waals surface area contributed by atoms with Crippen LogP contribution in [-0.4, -0.2) is 37.7 Å². The molecule has 8 nitrogen and oxygen atoms in total. The summed E-state index contributed by atoms with van der Waals surface area (Å²) >= 11 is 7.61. The van der Waals surface area contributed by atoms with E-state index in [1.165, 1.54) is 24.7 Å². The molecule has 2 amide bonds. The molecular formula is C26H20ClN3O5S. The molecule has 0 aliphatic carbocycles. The van der Waals surface area contributed by atoms with Gasteiger partial charge in [0.15, 0.2) is 0 Å². The molecule has 2 N–H and O–H groups in total. The smallest absolute Gasteiger partial charge is 0.355 e. The molecule has 1 aromatic heterocycles. The average Bonchev–Trinajstić information content (AvgIpc) is 3.25. The lowest BCUT2D eigenvalue weighted by molar-refractivity contribution is -0.120. The monoisotopic (exact) mass is 521 g/mol. The zero-order valence-electron chi connectivity index (χ0n) is 19.0. The number of hydrogen-bond acceptors (Lipinski definition) is 7. The van der Waals surface area contributed by atoms with Crippen LogP contribution in [0.2, 0.25) is 5.02 Å². The number of fused-ring (bicyclic) bond motifs is 1. The molecule has 0 atom stereocenters. The molecule has 0 aliphatic rings. The van der Waals surface area contributed by atoms with Gasteiger partial charge in [0.2, 0.25) is 0 Å². The van der Waals surface area contributed by atoms with Crippen LogP contribution in [0.3, 0.4) is 0 Å². The van der Waals surface area contributed by atoms with Gasteiger partial charge < -0.3 is 14.8 Å². The van der Waals surface area contributed by atoms with Gasteiger partial charge in [-0.2, -0.15) is 5.10 Å². The summed E-state index contributed by atoms with van der Waals surface area (Å²) < 4.78 is 11.4. The van der Waals surface area contributed by atoms with Crippen molar-refractivity contribution in [1.82, 2.24) is 10.7 Å². The first-order chi connectivity index (χ1) is 17.4. The molecule has 36 heavy (non-hydrogen) atoms. The number of methoxy groups -OCH3 is 1. The molecule has 4 rings (SSSR count). The van der Waals surface area contributed by atoms with Gasteiger partial charge in [-0.3, -0.25) is 9.59 Å². The zero-order chi connectivity index (χ0) is 25.5. The quantitative estimate of drug-likeness (QED) is 0.152. The molecule has 0 saturated carbocycles. The highest BCUT2D eigenvalue weighted by Gasteiger charge is 2.18. The number of ether oxygens (including phenoxy) is 2. The first-order valence-corrected chi connectivity index (χ1v) is 11.9. The minimum absolute atomic E-state index is 0.239.